The molecule has 0 atom stereocenters. The van der Waals surface area contributed by atoms with Crippen molar-refractivity contribution in [3.8, 4) is 17.2 Å². The number of rotatable bonds is 8. The number of fused-ring (bicyclic) bond motifs is 1. The van der Waals surface area contributed by atoms with Crippen molar-refractivity contribution in [3.63, 3.8) is 0 Å². The van der Waals surface area contributed by atoms with Gasteiger partial charge in [-0.05, 0) is 58.5 Å². The third-order valence-corrected chi connectivity index (χ3v) is 5.58. The van der Waals surface area contributed by atoms with Crippen molar-refractivity contribution in [1.82, 2.24) is 5.32 Å². The molecule has 3 aromatic rings. The number of amides is 1. The Bertz CT molecular complexity index is 1180. The summed E-state index contributed by atoms with van der Waals surface area (Å²) in [6.45, 7) is 7.02. The lowest BCUT2D eigenvalue weighted by atomic mass is 9.87. The quantitative estimate of drug-likeness (QED) is 0.473. The van der Waals surface area contributed by atoms with Gasteiger partial charge in [0, 0.05) is 6.54 Å². The molecule has 0 saturated heterocycles. The summed E-state index contributed by atoms with van der Waals surface area (Å²) in [6, 6.07) is 20.4. The fraction of sp³-hybridized carbons (Fsp3) is 0.286. The lowest BCUT2D eigenvalue weighted by molar-refractivity contribution is -0.124. The highest BCUT2D eigenvalue weighted by Crippen LogP contribution is 2.32. The number of carbonyl (C=O) groups excluding carboxylic acids is 2. The van der Waals surface area contributed by atoms with Crippen molar-refractivity contribution < 1.29 is 28.5 Å². The normalized spacial score (nSPS) is 12.2. The summed E-state index contributed by atoms with van der Waals surface area (Å²) in [6.07, 6.45) is 0. The predicted molar refractivity (Wildman–Crippen MR) is 131 cm³/mol. The summed E-state index contributed by atoms with van der Waals surface area (Å²) in [7, 11) is 0. The second kappa shape index (κ2) is 10.5. The van der Waals surface area contributed by atoms with Crippen LogP contribution >= 0.6 is 0 Å². The van der Waals surface area contributed by atoms with Crippen molar-refractivity contribution in [2.24, 2.45) is 0 Å². The molecule has 0 saturated carbocycles. The van der Waals surface area contributed by atoms with Gasteiger partial charge in [-0.25, -0.2) is 4.79 Å². The van der Waals surface area contributed by atoms with Gasteiger partial charge in [0.15, 0.2) is 18.1 Å². The summed E-state index contributed by atoms with van der Waals surface area (Å²) in [5, 5.41) is 2.72. The van der Waals surface area contributed by atoms with Gasteiger partial charge in [-0.15, -0.1) is 0 Å². The molecule has 0 aromatic heterocycles. The zero-order valence-corrected chi connectivity index (χ0v) is 20.1. The average Bonchev–Trinajstić information content (AvgIpc) is 3.33. The van der Waals surface area contributed by atoms with E-state index in [2.05, 4.69) is 38.2 Å². The zero-order valence-electron chi connectivity index (χ0n) is 20.1. The van der Waals surface area contributed by atoms with Crippen LogP contribution in [0.15, 0.2) is 66.7 Å². The molecular formula is C28H29NO6. The molecule has 1 heterocycles. The third kappa shape index (κ3) is 6.53. The number of hydrogen-bond acceptors (Lipinski definition) is 6. The minimum atomic E-state index is -0.562. The minimum Gasteiger partial charge on any atom is -0.489 e. The Morgan fingerprint density at radius 3 is 2.29 bits per heavy atom. The van der Waals surface area contributed by atoms with E-state index in [1.807, 2.05) is 18.2 Å². The molecule has 7 nitrogen and oxygen atoms in total. The standard InChI is InChI=1S/C28H29NO6/c1-28(2,3)22-9-11-23(12-10-22)32-16-19-4-7-21(8-5-19)27(31)33-17-26(30)29-15-20-6-13-24-25(14-20)35-18-34-24/h4-14H,15-18H2,1-3H3,(H,29,30). The molecule has 0 bridgehead atoms. The fourth-order valence-corrected chi connectivity index (χ4v) is 3.47. The smallest absolute Gasteiger partial charge is 0.338 e. The lowest BCUT2D eigenvalue weighted by Gasteiger charge is -2.19. The number of ether oxygens (including phenoxy) is 4. The van der Waals surface area contributed by atoms with E-state index >= 15 is 0 Å². The van der Waals surface area contributed by atoms with Gasteiger partial charge in [-0.1, -0.05) is 51.1 Å². The molecule has 0 aliphatic carbocycles. The van der Waals surface area contributed by atoms with Crippen molar-refractivity contribution in [2.75, 3.05) is 13.4 Å². The van der Waals surface area contributed by atoms with Crippen LogP contribution in [-0.4, -0.2) is 25.3 Å². The lowest BCUT2D eigenvalue weighted by Crippen LogP contribution is -2.28. The molecule has 1 aliphatic heterocycles. The number of nitrogens with one attached hydrogen (secondary N) is 1. The zero-order chi connectivity index (χ0) is 24.8. The van der Waals surface area contributed by atoms with E-state index in [1.165, 1.54) is 5.56 Å². The Hall–Kier alpha value is -4.00. The van der Waals surface area contributed by atoms with Crippen LogP contribution in [0.1, 0.15) is 47.8 Å². The number of benzene rings is 3. The van der Waals surface area contributed by atoms with Crippen LogP contribution in [0, 0.1) is 0 Å². The Labute approximate surface area is 205 Å². The first kappa shape index (κ1) is 24.1. The molecule has 0 radical (unpaired) electrons. The Morgan fingerprint density at radius 1 is 0.886 bits per heavy atom. The summed E-state index contributed by atoms with van der Waals surface area (Å²) < 4.78 is 21.6. The Balaban J connectivity index is 1.20. The van der Waals surface area contributed by atoms with Crippen LogP contribution in [0.5, 0.6) is 17.2 Å². The highest BCUT2D eigenvalue weighted by molar-refractivity contribution is 5.91. The first-order chi connectivity index (χ1) is 16.8. The highest BCUT2D eigenvalue weighted by Gasteiger charge is 2.15. The van der Waals surface area contributed by atoms with Crippen LogP contribution in [0.25, 0.3) is 0 Å². The molecule has 4 rings (SSSR count). The van der Waals surface area contributed by atoms with Gasteiger partial charge in [0.05, 0.1) is 5.56 Å². The summed E-state index contributed by atoms with van der Waals surface area (Å²) in [5.74, 6) is 1.16. The molecule has 3 aromatic carbocycles. The van der Waals surface area contributed by atoms with E-state index < -0.39 is 11.9 Å². The third-order valence-electron chi connectivity index (χ3n) is 5.58. The molecule has 1 amide bonds. The van der Waals surface area contributed by atoms with Gasteiger partial charge >= 0.3 is 5.97 Å². The Kier molecular flexibility index (Phi) is 7.25. The maximum absolute atomic E-state index is 12.3. The second-order valence-electron chi connectivity index (χ2n) is 9.30. The maximum Gasteiger partial charge on any atom is 0.338 e. The van der Waals surface area contributed by atoms with Crippen LogP contribution in [0.2, 0.25) is 0 Å². The monoisotopic (exact) mass is 475 g/mol. The van der Waals surface area contributed by atoms with Crippen LogP contribution in [0.3, 0.4) is 0 Å². The van der Waals surface area contributed by atoms with Gasteiger partial charge in [0.2, 0.25) is 6.79 Å². The maximum atomic E-state index is 12.3. The minimum absolute atomic E-state index is 0.0940. The molecule has 35 heavy (non-hydrogen) atoms. The number of esters is 1. The molecule has 1 N–H and O–H groups in total. The average molecular weight is 476 g/mol. The van der Waals surface area contributed by atoms with Crippen LogP contribution in [0.4, 0.5) is 0 Å². The van der Waals surface area contributed by atoms with Gasteiger partial charge in [0.25, 0.3) is 5.91 Å². The van der Waals surface area contributed by atoms with Crippen molar-refractivity contribution >= 4 is 11.9 Å². The van der Waals surface area contributed by atoms with Gasteiger partial charge in [-0.3, -0.25) is 4.79 Å². The second-order valence-corrected chi connectivity index (χ2v) is 9.30. The van der Waals surface area contributed by atoms with Gasteiger partial charge < -0.3 is 24.3 Å². The predicted octanol–water partition coefficient (Wildman–Crippen LogP) is 4.77. The van der Waals surface area contributed by atoms with Crippen molar-refractivity contribution in [1.29, 1.82) is 0 Å². The van der Waals surface area contributed by atoms with E-state index in [-0.39, 0.29) is 18.8 Å². The van der Waals surface area contributed by atoms with Crippen molar-refractivity contribution in [2.45, 2.75) is 39.3 Å². The van der Waals surface area contributed by atoms with E-state index in [1.54, 1.807) is 36.4 Å². The number of hydrogen-bond donors (Lipinski definition) is 1. The molecule has 7 heteroatoms. The molecule has 182 valence electrons. The number of carbonyl (C=O) groups is 2. The highest BCUT2D eigenvalue weighted by atomic mass is 16.7. The van der Waals surface area contributed by atoms with Crippen molar-refractivity contribution in [3.05, 3.63) is 89.0 Å². The summed E-state index contributed by atoms with van der Waals surface area (Å²) in [5.41, 5.74) is 3.48. The molecular weight excluding hydrogens is 446 g/mol. The molecule has 1 aliphatic rings. The van der Waals surface area contributed by atoms with E-state index in [0.717, 1.165) is 16.9 Å². The van der Waals surface area contributed by atoms with Crippen LogP contribution < -0.4 is 19.5 Å². The largest absolute Gasteiger partial charge is 0.489 e. The molecule has 0 spiro atoms. The Morgan fingerprint density at radius 2 is 1.57 bits per heavy atom. The summed E-state index contributed by atoms with van der Waals surface area (Å²) >= 11 is 0. The molecule has 0 unspecified atom stereocenters. The van der Waals surface area contributed by atoms with E-state index in [4.69, 9.17) is 18.9 Å². The van der Waals surface area contributed by atoms with Gasteiger partial charge in [0.1, 0.15) is 12.4 Å². The fourth-order valence-electron chi connectivity index (χ4n) is 3.47. The van der Waals surface area contributed by atoms with E-state index in [9.17, 15) is 9.59 Å². The first-order valence-electron chi connectivity index (χ1n) is 11.4. The van der Waals surface area contributed by atoms with Crippen LogP contribution in [-0.2, 0) is 28.1 Å². The van der Waals surface area contributed by atoms with Gasteiger partial charge in [-0.2, -0.15) is 0 Å². The molecule has 0 fully saturated rings. The summed E-state index contributed by atoms with van der Waals surface area (Å²) in [4.78, 5) is 24.4. The SMILES string of the molecule is CC(C)(C)c1ccc(OCc2ccc(C(=O)OCC(=O)NCc3ccc4c(c3)OCO4)cc2)cc1. The first-order valence-corrected chi connectivity index (χ1v) is 11.4. The van der Waals surface area contributed by atoms with E-state index in [0.29, 0.717) is 30.2 Å². The topological polar surface area (TPSA) is 83.1 Å².